The lowest BCUT2D eigenvalue weighted by atomic mass is 10.1. The first-order chi connectivity index (χ1) is 13.1. The van der Waals surface area contributed by atoms with Gasteiger partial charge < -0.3 is 4.42 Å². The summed E-state index contributed by atoms with van der Waals surface area (Å²) in [5.74, 6) is -3.17. The maximum atomic E-state index is 13.0. The number of rotatable bonds is 3. The molecular formula is C17H11F4N3O3S. The second kappa shape index (κ2) is 7.15. The SMILES string of the molecule is CS(=O)(=NC(=O)c1ccc(-c2nnc(C(F)(F)F)o2)cc1)c1ccc(F)cc1. The molecule has 1 atom stereocenters. The van der Waals surface area contributed by atoms with Crippen LogP contribution >= 0.6 is 0 Å². The lowest BCUT2D eigenvalue weighted by Crippen LogP contribution is -2.04. The normalized spacial score (nSPS) is 13.8. The van der Waals surface area contributed by atoms with Crippen molar-refractivity contribution >= 4 is 15.6 Å². The molecule has 0 aliphatic heterocycles. The Bertz CT molecular complexity index is 1130. The first kappa shape index (κ1) is 19.7. The molecule has 0 spiro atoms. The summed E-state index contributed by atoms with van der Waals surface area (Å²) in [5, 5.41) is 6.23. The average Bonchev–Trinajstić information content (AvgIpc) is 3.12. The van der Waals surface area contributed by atoms with Crippen molar-refractivity contribution < 1.29 is 31.0 Å². The third-order valence-corrected chi connectivity index (χ3v) is 5.22. The minimum absolute atomic E-state index is 0.0518. The maximum Gasteiger partial charge on any atom is 0.470 e. The summed E-state index contributed by atoms with van der Waals surface area (Å²) >= 11 is 0. The van der Waals surface area contributed by atoms with Gasteiger partial charge in [0.1, 0.15) is 5.82 Å². The van der Waals surface area contributed by atoms with Crippen molar-refractivity contribution in [2.75, 3.05) is 6.26 Å². The molecule has 146 valence electrons. The van der Waals surface area contributed by atoms with Crippen LogP contribution in [0.25, 0.3) is 11.5 Å². The van der Waals surface area contributed by atoms with Gasteiger partial charge in [-0.1, -0.05) is 0 Å². The quantitative estimate of drug-likeness (QED) is 0.601. The largest absolute Gasteiger partial charge is 0.470 e. The molecule has 0 fully saturated rings. The van der Waals surface area contributed by atoms with E-state index in [0.717, 1.165) is 12.1 Å². The van der Waals surface area contributed by atoms with Crippen LogP contribution in [0.5, 0.6) is 0 Å². The summed E-state index contributed by atoms with van der Waals surface area (Å²) in [6.07, 6.45) is -3.52. The number of benzene rings is 2. The van der Waals surface area contributed by atoms with Gasteiger partial charge in [0.15, 0.2) is 0 Å². The lowest BCUT2D eigenvalue weighted by molar-refractivity contribution is -0.156. The Hall–Kier alpha value is -3.08. The number of hydrogen-bond donors (Lipinski definition) is 0. The van der Waals surface area contributed by atoms with E-state index in [0.29, 0.717) is 0 Å². The van der Waals surface area contributed by atoms with Crippen molar-refractivity contribution in [3.63, 3.8) is 0 Å². The minimum atomic E-state index is -4.76. The zero-order chi connectivity index (χ0) is 20.5. The van der Waals surface area contributed by atoms with Gasteiger partial charge in [-0.25, -0.2) is 8.60 Å². The molecule has 1 amide bonds. The minimum Gasteiger partial charge on any atom is -0.413 e. The molecule has 3 aromatic rings. The molecule has 28 heavy (non-hydrogen) atoms. The van der Waals surface area contributed by atoms with Gasteiger partial charge in [-0.2, -0.15) is 17.5 Å². The molecule has 0 saturated carbocycles. The Labute approximate surface area is 156 Å². The number of nitrogens with zero attached hydrogens (tertiary/aromatic N) is 3. The predicted octanol–water partition coefficient (Wildman–Crippen LogP) is 4.19. The number of carbonyl (C=O) groups excluding carboxylic acids is 1. The van der Waals surface area contributed by atoms with Gasteiger partial charge in [0, 0.05) is 22.3 Å². The molecule has 0 N–H and O–H groups in total. The van der Waals surface area contributed by atoms with E-state index in [4.69, 9.17) is 0 Å². The first-order valence-electron chi connectivity index (χ1n) is 7.59. The number of aromatic nitrogens is 2. The Kier molecular flexibility index (Phi) is 5.02. The monoisotopic (exact) mass is 413 g/mol. The molecule has 0 bridgehead atoms. The smallest absolute Gasteiger partial charge is 0.413 e. The van der Waals surface area contributed by atoms with Crippen molar-refractivity contribution in [2.45, 2.75) is 11.1 Å². The predicted molar refractivity (Wildman–Crippen MR) is 90.2 cm³/mol. The van der Waals surface area contributed by atoms with E-state index in [-0.39, 0.29) is 21.9 Å². The van der Waals surface area contributed by atoms with Crippen LogP contribution in [0.3, 0.4) is 0 Å². The highest BCUT2D eigenvalue weighted by Crippen LogP contribution is 2.30. The van der Waals surface area contributed by atoms with E-state index in [2.05, 4.69) is 19.0 Å². The number of alkyl halides is 3. The van der Waals surface area contributed by atoms with Gasteiger partial charge in [0.05, 0.1) is 9.73 Å². The highest BCUT2D eigenvalue weighted by atomic mass is 32.2. The molecule has 6 nitrogen and oxygen atoms in total. The van der Waals surface area contributed by atoms with Gasteiger partial charge >= 0.3 is 12.1 Å². The molecule has 0 radical (unpaired) electrons. The van der Waals surface area contributed by atoms with Crippen molar-refractivity contribution in [1.82, 2.24) is 10.2 Å². The van der Waals surface area contributed by atoms with E-state index >= 15 is 0 Å². The summed E-state index contributed by atoms with van der Waals surface area (Å²) in [6.45, 7) is 0. The Morgan fingerprint density at radius 2 is 1.64 bits per heavy atom. The van der Waals surface area contributed by atoms with Gasteiger partial charge in [-0.3, -0.25) is 4.79 Å². The van der Waals surface area contributed by atoms with Gasteiger partial charge in [-0.15, -0.1) is 10.2 Å². The highest BCUT2D eigenvalue weighted by molar-refractivity contribution is 7.93. The van der Waals surface area contributed by atoms with Crippen LogP contribution in [0.2, 0.25) is 0 Å². The molecule has 3 rings (SSSR count). The summed E-state index contributed by atoms with van der Waals surface area (Å²) in [5.41, 5.74) is 0.214. The van der Waals surface area contributed by atoms with Crippen LogP contribution in [-0.2, 0) is 15.9 Å². The van der Waals surface area contributed by atoms with Crippen molar-refractivity contribution in [3.05, 3.63) is 65.8 Å². The fourth-order valence-electron chi connectivity index (χ4n) is 2.16. The van der Waals surface area contributed by atoms with Crippen molar-refractivity contribution in [2.24, 2.45) is 4.36 Å². The van der Waals surface area contributed by atoms with Gasteiger partial charge in [0.25, 0.3) is 5.91 Å². The molecule has 0 aliphatic rings. The summed E-state index contributed by atoms with van der Waals surface area (Å²) < 4.78 is 71.3. The molecule has 1 unspecified atom stereocenters. The fraction of sp³-hybridized carbons (Fsp3) is 0.118. The third kappa shape index (κ3) is 4.25. The van der Waals surface area contributed by atoms with Crippen LogP contribution in [-0.4, -0.2) is 26.6 Å². The average molecular weight is 413 g/mol. The van der Waals surface area contributed by atoms with Gasteiger partial charge in [-0.05, 0) is 48.5 Å². The zero-order valence-electron chi connectivity index (χ0n) is 14.1. The third-order valence-electron chi connectivity index (χ3n) is 3.55. The lowest BCUT2D eigenvalue weighted by Gasteiger charge is -2.04. The van der Waals surface area contributed by atoms with E-state index in [1.165, 1.54) is 42.7 Å². The topological polar surface area (TPSA) is 85.4 Å². The Morgan fingerprint density at radius 3 is 2.18 bits per heavy atom. The number of carbonyl (C=O) groups is 1. The van der Waals surface area contributed by atoms with Crippen LogP contribution in [0.15, 0.2) is 62.2 Å². The standard InChI is InChI=1S/C17H11F4N3O3S/c1-28(26,13-8-6-12(18)7-9-13)24-14(25)10-2-4-11(5-3-10)15-22-23-16(27-15)17(19,20)21/h2-9H,1H3. The van der Waals surface area contributed by atoms with E-state index in [1.807, 2.05) is 0 Å². The molecule has 11 heteroatoms. The second-order valence-corrected chi connectivity index (χ2v) is 7.90. The summed E-state index contributed by atoms with van der Waals surface area (Å²) in [4.78, 5) is 12.4. The highest BCUT2D eigenvalue weighted by Gasteiger charge is 2.38. The van der Waals surface area contributed by atoms with Crippen LogP contribution < -0.4 is 0 Å². The summed E-state index contributed by atoms with van der Waals surface area (Å²) in [7, 11) is -3.11. The van der Waals surface area contributed by atoms with Crippen LogP contribution in [0, 0.1) is 5.82 Å². The van der Waals surface area contributed by atoms with E-state index in [9.17, 15) is 26.6 Å². The van der Waals surface area contributed by atoms with Crippen LogP contribution in [0.1, 0.15) is 16.2 Å². The molecule has 0 saturated heterocycles. The number of amides is 1. The van der Waals surface area contributed by atoms with E-state index in [1.54, 1.807) is 0 Å². The van der Waals surface area contributed by atoms with Crippen LogP contribution in [0.4, 0.5) is 17.6 Å². The first-order valence-corrected chi connectivity index (χ1v) is 9.52. The Morgan fingerprint density at radius 1 is 1.04 bits per heavy atom. The van der Waals surface area contributed by atoms with E-state index < -0.39 is 33.5 Å². The second-order valence-electron chi connectivity index (χ2n) is 5.64. The molecule has 0 aliphatic carbocycles. The molecule has 1 aromatic heterocycles. The van der Waals surface area contributed by atoms with Crippen molar-refractivity contribution in [3.8, 4) is 11.5 Å². The maximum absolute atomic E-state index is 13.0. The zero-order valence-corrected chi connectivity index (χ0v) is 14.9. The fourth-order valence-corrected chi connectivity index (χ4v) is 3.33. The molecule has 1 heterocycles. The molecular weight excluding hydrogens is 402 g/mol. The number of halogens is 4. The Balaban J connectivity index is 1.85. The number of hydrogen-bond acceptors (Lipinski definition) is 5. The van der Waals surface area contributed by atoms with Crippen molar-refractivity contribution in [1.29, 1.82) is 0 Å². The van der Waals surface area contributed by atoms with Gasteiger partial charge in [0.2, 0.25) is 5.89 Å². The summed E-state index contributed by atoms with van der Waals surface area (Å²) in [6, 6.07) is 9.89. The molecule has 2 aromatic carbocycles.